The summed E-state index contributed by atoms with van der Waals surface area (Å²) in [4.78, 5) is 30.4. The van der Waals surface area contributed by atoms with E-state index in [4.69, 9.17) is 11.0 Å². The summed E-state index contributed by atoms with van der Waals surface area (Å²) >= 11 is 0. The monoisotopic (exact) mass is 416 g/mol. The van der Waals surface area contributed by atoms with E-state index >= 15 is 0 Å². The maximum Gasteiger partial charge on any atom is 0.471 e. The van der Waals surface area contributed by atoms with Crippen LogP contribution in [0.15, 0.2) is 36.4 Å². The van der Waals surface area contributed by atoms with E-state index in [2.05, 4.69) is 0 Å². The Morgan fingerprint density at radius 3 is 2.17 bits per heavy atom. The van der Waals surface area contributed by atoms with Crippen LogP contribution in [-0.4, -0.2) is 22.9 Å². The number of primary amides is 1. The molecule has 2 aromatic rings. The topological polar surface area (TPSA) is 139 Å². The Labute approximate surface area is 158 Å². The third kappa shape index (κ3) is 6.54. The maximum absolute atomic E-state index is 13.0. The van der Waals surface area contributed by atoms with Gasteiger partial charge in [-0.3, -0.25) is 19.7 Å². The Bertz CT molecular complexity index is 1000. The molecule has 0 bridgehead atoms. The number of amides is 2. The fourth-order valence-electron chi connectivity index (χ4n) is 1.69. The van der Waals surface area contributed by atoms with Gasteiger partial charge >= 0.3 is 17.8 Å². The third-order valence-electron chi connectivity index (χ3n) is 3.03. The molecule has 8 nitrogen and oxygen atoms in total. The van der Waals surface area contributed by atoms with Crippen molar-refractivity contribution in [2.24, 2.45) is 5.73 Å². The maximum atomic E-state index is 13.0. The molecule has 2 amide bonds. The Kier molecular flexibility index (Phi) is 7.30. The zero-order valence-corrected chi connectivity index (χ0v) is 14.0. The molecular weight excluding hydrogens is 407 g/mol. The highest BCUT2D eigenvalue weighted by atomic mass is 19.4. The largest absolute Gasteiger partial charge is 0.471 e. The average Bonchev–Trinajstić information content (AvgIpc) is 2.63. The van der Waals surface area contributed by atoms with Gasteiger partial charge in [0, 0.05) is 11.6 Å². The predicted octanol–water partition coefficient (Wildman–Crippen LogP) is 3.03. The number of benzene rings is 2. The number of nitro groups is 1. The van der Waals surface area contributed by atoms with Crippen molar-refractivity contribution in [2.45, 2.75) is 6.18 Å². The molecule has 0 unspecified atom stereocenters. The summed E-state index contributed by atoms with van der Waals surface area (Å²) in [6.07, 6.45) is -5.10. The minimum absolute atomic E-state index is 0.0566. The van der Waals surface area contributed by atoms with Gasteiger partial charge in [-0.25, -0.2) is 4.39 Å². The van der Waals surface area contributed by atoms with Crippen LogP contribution < -0.4 is 11.1 Å². The molecule has 13 heteroatoms. The molecule has 0 heterocycles. The molecule has 0 fully saturated rings. The Hall–Kier alpha value is -4.08. The van der Waals surface area contributed by atoms with E-state index < -0.39 is 45.9 Å². The lowest BCUT2D eigenvalue weighted by atomic mass is 10.2. The number of carbonyl (C=O) groups is 2. The molecule has 0 radical (unpaired) electrons. The molecule has 0 saturated carbocycles. The van der Waals surface area contributed by atoms with E-state index in [1.54, 1.807) is 6.07 Å². The second-order valence-corrected chi connectivity index (χ2v) is 5.05. The minimum Gasteiger partial charge on any atom is -0.366 e. The lowest BCUT2D eigenvalue weighted by Crippen LogP contribution is -2.30. The molecule has 0 aromatic heterocycles. The van der Waals surface area contributed by atoms with Crippen molar-refractivity contribution in [3.8, 4) is 6.07 Å². The number of halogens is 5. The summed E-state index contributed by atoms with van der Waals surface area (Å²) in [5, 5.41) is 20.0. The van der Waals surface area contributed by atoms with Crippen molar-refractivity contribution >= 4 is 23.2 Å². The van der Waals surface area contributed by atoms with Crippen molar-refractivity contribution in [2.75, 3.05) is 5.32 Å². The molecule has 0 saturated heterocycles. The highest BCUT2D eigenvalue weighted by Gasteiger charge is 2.39. The van der Waals surface area contributed by atoms with Crippen LogP contribution in [0.4, 0.5) is 33.3 Å². The van der Waals surface area contributed by atoms with Gasteiger partial charge < -0.3 is 11.1 Å². The van der Waals surface area contributed by atoms with E-state index in [0.29, 0.717) is 0 Å². The Balaban J connectivity index is 0.000000296. The standard InChI is InChI=1S/C9H4F4N2O.C7H5FN2O3/c10-6-2-1-5(4-14)3-7(6)15-8(16)9(11,12)13;8-5-2-1-4(7(9)11)3-6(5)10(12)13/h1-3H,(H,15,16);1-3H,(H2,9,11). The molecule has 0 atom stereocenters. The molecule has 2 rings (SSSR count). The number of hydrogen-bond donors (Lipinski definition) is 2. The first-order valence-electron chi connectivity index (χ1n) is 7.18. The average molecular weight is 416 g/mol. The lowest BCUT2D eigenvalue weighted by Gasteiger charge is -2.08. The normalized spacial score (nSPS) is 10.2. The molecule has 2 aromatic carbocycles. The number of nitriles is 1. The van der Waals surface area contributed by atoms with Crippen LogP contribution in [0.3, 0.4) is 0 Å². The molecular formula is C16H9F5N4O4. The predicted molar refractivity (Wildman–Crippen MR) is 87.4 cm³/mol. The van der Waals surface area contributed by atoms with Gasteiger partial charge in [-0.1, -0.05) is 0 Å². The zero-order valence-electron chi connectivity index (χ0n) is 14.0. The van der Waals surface area contributed by atoms with Gasteiger partial charge in [0.1, 0.15) is 5.82 Å². The van der Waals surface area contributed by atoms with Crippen molar-refractivity contribution in [1.82, 2.24) is 0 Å². The summed E-state index contributed by atoms with van der Waals surface area (Å²) in [5.41, 5.74) is 3.27. The zero-order chi connectivity index (χ0) is 22.4. The quantitative estimate of drug-likeness (QED) is 0.450. The second-order valence-electron chi connectivity index (χ2n) is 5.05. The SMILES string of the molecule is N#Cc1ccc(F)c(NC(=O)C(F)(F)F)c1.NC(=O)c1ccc(F)c([N+](=O)[O-])c1. The fourth-order valence-corrected chi connectivity index (χ4v) is 1.69. The van der Waals surface area contributed by atoms with Crippen molar-refractivity contribution in [1.29, 1.82) is 5.26 Å². The Morgan fingerprint density at radius 2 is 1.69 bits per heavy atom. The first kappa shape index (κ1) is 23.0. The van der Waals surface area contributed by atoms with Crippen molar-refractivity contribution in [3.05, 3.63) is 69.3 Å². The van der Waals surface area contributed by atoms with Crippen molar-refractivity contribution in [3.63, 3.8) is 0 Å². The number of rotatable bonds is 3. The number of alkyl halides is 3. The molecule has 0 aliphatic rings. The van der Waals surface area contributed by atoms with Gasteiger partial charge in [0.25, 0.3) is 0 Å². The highest BCUT2D eigenvalue weighted by Crippen LogP contribution is 2.21. The van der Waals surface area contributed by atoms with E-state index in [0.717, 1.165) is 36.4 Å². The smallest absolute Gasteiger partial charge is 0.366 e. The molecule has 0 aliphatic heterocycles. The summed E-state index contributed by atoms with van der Waals surface area (Å²) in [7, 11) is 0. The number of carbonyl (C=O) groups excluding carboxylic acids is 2. The Morgan fingerprint density at radius 1 is 1.10 bits per heavy atom. The molecule has 3 N–H and O–H groups in total. The van der Waals surface area contributed by atoms with Gasteiger partial charge in [-0.2, -0.15) is 22.8 Å². The number of nitro benzene ring substituents is 1. The van der Waals surface area contributed by atoms with Gasteiger partial charge in [-0.15, -0.1) is 0 Å². The van der Waals surface area contributed by atoms with Gasteiger partial charge in [-0.05, 0) is 30.3 Å². The number of nitrogens with zero attached hydrogens (tertiary/aromatic N) is 2. The fraction of sp³-hybridized carbons (Fsp3) is 0.0625. The minimum atomic E-state index is -5.10. The number of anilines is 1. The number of hydrogen-bond acceptors (Lipinski definition) is 5. The van der Waals surface area contributed by atoms with Crippen LogP contribution >= 0.6 is 0 Å². The number of nitrogens with one attached hydrogen (secondary N) is 1. The van der Waals surface area contributed by atoms with Crippen LogP contribution in [0.5, 0.6) is 0 Å². The first-order valence-corrected chi connectivity index (χ1v) is 7.18. The lowest BCUT2D eigenvalue weighted by molar-refractivity contribution is -0.387. The van der Waals surface area contributed by atoms with E-state index in [1.807, 2.05) is 0 Å². The summed E-state index contributed by atoms with van der Waals surface area (Å²) in [6, 6.07) is 7.03. The molecule has 152 valence electrons. The van der Waals surface area contributed by atoms with E-state index in [1.165, 1.54) is 5.32 Å². The summed E-state index contributed by atoms with van der Waals surface area (Å²) < 4.78 is 61.2. The third-order valence-corrected chi connectivity index (χ3v) is 3.03. The van der Waals surface area contributed by atoms with E-state index in [9.17, 15) is 41.7 Å². The van der Waals surface area contributed by atoms with Crippen LogP contribution in [0.1, 0.15) is 15.9 Å². The first-order chi connectivity index (χ1) is 13.4. The highest BCUT2D eigenvalue weighted by molar-refractivity contribution is 5.95. The second kappa shape index (κ2) is 9.22. The van der Waals surface area contributed by atoms with Crippen molar-refractivity contribution < 1.29 is 36.5 Å². The van der Waals surface area contributed by atoms with Crippen LogP contribution in [0, 0.1) is 33.1 Å². The van der Waals surface area contributed by atoms with Crippen LogP contribution in [0.25, 0.3) is 0 Å². The molecule has 29 heavy (non-hydrogen) atoms. The number of nitrogens with two attached hydrogens (primary N) is 1. The molecule has 0 spiro atoms. The molecule has 0 aliphatic carbocycles. The van der Waals surface area contributed by atoms with E-state index in [-0.39, 0.29) is 11.1 Å². The van der Waals surface area contributed by atoms with Gasteiger partial charge in [0.15, 0.2) is 0 Å². The summed E-state index contributed by atoms with van der Waals surface area (Å²) in [5.74, 6) is -5.16. The van der Waals surface area contributed by atoms with Gasteiger partial charge in [0.2, 0.25) is 11.7 Å². The van der Waals surface area contributed by atoms with Gasteiger partial charge in [0.05, 0.1) is 22.2 Å². The van der Waals surface area contributed by atoms with Crippen LogP contribution in [-0.2, 0) is 4.79 Å². The van der Waals surface area contributed by atoms with Crippen LogP contribution in [0.2, 0.25) is 0 Å². The summed E-state index contributed by atoms with van der Waals surface area (Å²) in [6.45, 7) is 0.